The summed E-state index contributed by atoms with van der Waals surface area (Å²) in [5.41, 5.74) is 5.86. The number of nitrogens with zero attached hydrogens (tertiary/aromatic N) is 7. The highest BCUT2D eigenvalue weighted by atomic mass is 35.5. The average molecular weight is 578 g/mol. The van der Waals surface area contributed by atoms with Gasteiger partial charge in [0.25, 0.3) is 0 Å². The standard InChI is InChI=1S/C31H24ClN7O3/c1-19-26-27(21-8-14-24(40-2)15-9-21)28-29-35-25(17-41-34-16-20-6-4-3-5-7-20)37-38(29)18-33-30(28)42-31(26)39(36-19)23-12-10-22(32)11-13-23/h3-16,18,27H,17H2,1-2H3/b34-16-/t27-/m1/s1. The molecular weight excluding hydrogens is 554 g/mol. The Morgan fingerprint density at radius 1 is 0.976 bits per heavy atom. The summed E-state index contributed by atoms with van der Waals surface area (Å²) in [6.07, 6.45) is 3.24. The van der Waals surface area contributed by atoms with E-state index < -0.39 is 0 Å². The molecule has 6 aromatic rings. The summed E-state index contributed by atoms with van der Waals surface area (Å²) in [6, 6.07) is 25.1. The predicted octanol–water partition coefficient (Wildman–Crippen LogP) is 6.12. The molecule has 0 unspecified atom stereocenters. The lowest BCUT2D eigenvalue weighted by Gasteiger charge is -2.26. The van der Waals surface area contributed by atoms with Gasteiger partial charge in [0.05, 0.1) is 41.8 Å². The first-order valence-corrected chi connectivity index (χ1v) is 13.6. The first kappa shape index (κ1) is 25.7. The molecule has 10 nitrogen and oxygen atoms in total. The van der Waals surface area contributed by atoms with Crippen LogP contribution in [0.5, 0.6) is 17.5 Å². The maximum atomic E-state index is 6.47. The number of benzene rings is 3. The van der Waals surface area contributed by atoms with E-state index in [4.69, 9.17) is 36.0 Å². The van der Waals surface area contributed by atoms with Crippen molar-refractivity contribution in [1.29, 1.82) is 0 Å². The van der Waals surface area contributed by atoms with Crippen molar-refractivity contribution in [2.45, 2.75) is 19.4 Å². The third-order valence-electron chi connectivity index (χ3n) is 7.05. The van der Waals surface area contributed by atoms with Gasteiger partial charge in [-0.3, -0.25) is 0 Å². The fraction of sp³-hybridized carbons (Fsp3) is 0.129. The summed E-state index contributed by atoms with van der Waals surface area (Å²) < 4.78 is 15.3. The molecule has 0 bridgehead atoms. The lowest BCUT2D eigenvalue weighted by Crippen LogP contribution is -2.16. The summed E-state index contributed by atoms with van der Waals surface area (Å²) in [5.74, 6) is 1.93. The minimum absolute atomic E-state index is 0.0899. The second kappa shape index (κ2) is 10.6. The van der Waals surface area contributed by atoms with Crippen LogP contribution in [-0.2, 0) is 11.4 Å². The Hall–Kier alpha value is -5.22. The largest absolute Gasteiger partial charge is 0.497 e. The Morgan fingerprint density at radius 3 is 2.52 bits per heavy atom. The average Bonchev–Trinajstić information content (AvgIpc) is 3.60. The number of methoxy groups -OCH3 is 1. The number of fused-ring (bicyclic) bond motifs is 4. The van der Waals surface area contributed by atoms with E-state index in [1.165, 1.54) is 0 Å². The van der Waals surface area contributed by atoms with E-state index in [-0.39, 0.29) is 12.5 Å². The number of hydrogen-bond donors (Lipinski definition) is 0. The second-order valence-electron chi connectivity index (χ2n) is 9.68. The molecule has 0 amide bonds. The van der Waals surface area contributed by atoms with E-state index in [2.05, 4.69) is 15.2 Å². The molecule has 0 radical (unpaired) electrons. The highest BCUT2D eigenvalue weighted by molar-refractivity contribution is 6.30. The minimum atomic E-state index is -0.291. The molecule has 3 aromatic carbocycles. The maximum absolute atomic E-state index is 6.47. The molecule has 3 aromatic heterocycles. The molecule has 1 aliphatic rings. The molecular formula is C31H24ClN7O3. The molecule has 11 heteroatoms. The van der Waals surface area contributed by atoms with Crippen molar-refractivity contribution in [3.8, 4) is 23.2 Å². The van der Waals surface area contributed by atoms with Crippen LogP contribution in [0.3, 0.4) is 0 Å². The smallest absolute Gasteiger partial charge is 0.230 e. The van der Waals surface area contributed by atoms with Crippen LogP contribution in [0.1, 0.15) is 39.7 Å². The number of hydrogen-bond acceptors (Lipinski definition) is 8. The zero-order valence-corrected chi connectivity index (χ0v) is 23.4. The van der Waals surface area contributed by atoms with E-state index >= 15 is 0 Å². The van der Waals surface area contributed by atoms with Crippen LogP contribution in [-0.4, -0.2) is 42.7 Å². The van der Waals surface area contributed by atoms with Gasteiger partial charge in [-0.25, -0.2) is 19.2 Å². The number of halogens is 1. The van der Waals surface area contributed by atoms with Crippen LogP contribution in [0.25, 0.3) is 11.3 Å². The molecule has 1 aliphatic heterocycles. The Balaban J connectivity index is 1.31. The molecule has 7 rings (SSSR count). The minimum Gasteiger partial charge on any atom is -0.497 e. The topological polar surface area (TPSA) is 101 Å². The Kier molecular flexibility index (Phi) is 6.52. The van der Waals surface area contributed by atoms with E-state index in [0.29, 0.717) is 28.3 Å². The number of ether oxygens (including phenoxy) is 2. The van der Waals surface area contributed by atoms with Gasteiger partial charge in [0.15, 0.2) is 18.1 Å². The van der Waals surface area contributed by atoms with Crippen molar-refractivity contribution in [1.82, 2.24) is 29.4 Å². The van der Waals surface area contributed by atoms with Crippen molar-refractivity contribution < 1.29 is 14.3 Å². The molecule has 0 fully saturated rings. The fourth-order valence-corrected chi connectivity index (χ4v) is 5.23. The van der Waals surface area contributed by atoms with Crippen molar-refractivity contribution in [3.63, 3.8) is 0 Å². The molecule has 42 heavy (non-hydrogen) atoms. The van der Waals surface area contributed by atoms with Gasteiger partial charge >= 0.3 is 0 Å². The van der Waals surface area contributed by atoms with Crippen molar-refractivity contribution in [2.75, 3.05) is 7.11 Å². The van der Waals surface area contributed by atoms with E-state index in [1.807, 2.05) is 85.8 Å². The van der Waals surface area contributed by atoms with Gasteiger partial charge in [0, 0.05) is 5.02 Å². The SMILES string of the molecule is COc1ccc([C@@H]2c3c(C)nn(-c4ccc(Cl)cc4)c3Oc3ncn4nc(CO/N=C\c5ccccc5)nc4c32)cc1. The first-order valence-electron chi connectivity index (χ1n) is 13.2. The van der Waals surface area contributed by atoms with E-state index in [1.54, 1.807) is 28.8 Å². The molecule has 208 valence electrons. The van der Waals surface area contributed by atoms with Gasteiger partial charge in [0.2, 0.25) is 11.8 Å². The number of aromatic nitrogens is 6. The third kappa shape index (κ3) is 4.61. The van der Waals surface area contributed by atoms with Crippen LogP contribution >= 0.6 is 11.6 Å². The highest BCUT2D eigenvalue weighted by Gasteiger charge is 2.38. The predicted molar refractivity (Wildman–Crippen MR) is 157 cm³/mol. The van der Waals surface area contributed by atoms with Gasteiger partial charge in [-0.2, -0.15) is 5.10 Å². The Morgan fingerprint density at radius 2 is 1.76 bits per heavy atom. The summed E-state index contributed by atoms with van der Waals surface area (Å²) >= 11 is 6.16. The number of aryl methyl sites for hydroxylation is 1. The summed E-state index contributed by atoms with van der Waals surface area (Å²) in [7, 11) is 1.65. The fourth-order valence-electron chi connectivity index (χ4n) is 5.10. The van der Waals surface area contributed by atoms with Gasteiger partial charge in [0.1, 0.15) is 12.1 Å². The quantitative estimate of drug-likeness (QED) is 0.166. The van der Waals surface area contributed by atoms with E-state index in [9.17, 15) is 0 Å². The van der Waals surface area contributed by atoms with Crippen LogP contribution < -0.4 is 9.47 Å². The maximum Gasteiger partial charge on any atom is 0.230 e. The summed E-state index contributed by atoms with van der Waals surface area (Å²) in [5, 5.41) is 14.2. The lowest BCUT2D eigenvalue weighted by molar-refractivity contribution is 0.126. The van der Waals surface area contributed by atoms with Gasteiger partial charge in [-0.05, 0) is 54.4 Å². The molecule has 0 spiro atoms. The third-order valence-corrected chi connectivity index (χ3v) is 7.31. The highest BCUT2D eigenvalue weighted by Crippen LogP contribution is 2.49. The van der Waals surface area contributed by atoms with Gasteiger partial charge in [-0.1, -0.05) is 59.2 Å². The normalized spacial score (nSPS) is 14.0. The monoisotopic (exact) mass is 577 g/mol. The summed E-state index contributed by atoms with van der Waals surface area (Å²) in [4.78, 5) is 15.0. The summed E-state index contributed by atoms with van der Waals surface area (Å²) in [6.45, 7) is 2.06. The molecule has 0 saturated carbocycles. The van der Waals surface area contributed by atoms with E-state index in [0.717, 1.165) is 39.4 Å². The van der Waals surface area contributed by atoms with Crippen LogP contribution in [0.4, 0.5) is 0 Å². The molecule has 1 atom stereocenters. The lowest BCUT2D eigenvalue weighted by atomic mass is 9.84. The van der Waals surface area contributed by atoms with Crippen LogP contribution in [0, 0.1) is 6.92 Å². The van der Waals surface area contributed by atoms with Gasteiger partial charge < -0.3 is 14.3 Å². The van der Waals surface area contributed by atoms with Crippen molar-refractivity contribution in [2.24, 2.45) is 5.16 Å². The van der Waals surface area contributed by atoms with Crippen molar-refractivity contribution >= 4 is 23.5 Å². The molecule has 4 heterocycles. The number of oxime groups is 1. The Labute approximate surface area is 245 Å². The number of rotatable bonds is 7. The van der Waals surface area contributed by atoms with Crippen LogP contribution in [0.2, 0.25) is 5.02 Å². The first-order chi connectivity index (χ1) is 20.6. The van der Waals surface area contributed by atoms with Crippen LogP contribution in [0.15, 0.2) is 90.3 Å². The van der Waals surface area contributed by atoms with Crippen molar-refractivity contribution in [3.05, 3.63) is 124 Å². The molecule has 0 saturated heterocycles. The van der Waals surface area contributed by atoms with Gasteiger partial charge in [-0.15, -0.1) is 5.10 Å². The second-order valence-corrected chi connectivity index (χ2v) is 10.1. The molecule has 0 N–H and O–H groups in total. The Bertz CT molecular complexity index is 1920. The zero-order chi connectivity index (χ0) is 28.6. The zero-order valence-electron chi connectivity index (χ0n) is 22.7. The molecule has 0 aliphatic carbocycles.